The number of aryl methyl sites for hydroxylation is 2. The largest absolute Gasteiger partial charge is 0.493 e. The Labute approximate surface area is 265 Å². The standard InChI is InChI=1S/C35H39N3O6S/c1-25-14-16-29(17-15-25)38(45(41,42)30-18-19-32(43-4)33(22-30)44-5)24-34(39)37(23-28-13-9-10-26(2)20-28)31(35(40)36-3)21-27-11-7-6-8-12-27/h6-20,22,31H,21,23-24H2,1-5H3,(H,36,40)/t31-/m0/s1. The Balaban J connectivity index is 1.81. The second-order valence-electron chi connectivity index (χ2n) is 10.7. The van der Waals surface area contributed by atoms with Gasteiger partial charge < -0.3 is 19.7 Å². The van der Waals surface area contributed by atoms with E-state index < -0.39 is 28.5 Å². The van der Waals surface area contributed by atoms with Crippen molar-refractivity contribution in [3.63, 3.8) is 0 Å². The molecule has 0 aliphatic heterocycles. The zero-order chi connectivity index (χ0) is 32.6. The number of carbonyl (C=O) groups is 2. The number of benzene rings is 4. The summed E-state index contributed by atoms with van der Waals surface area (Å²) in [5.41, 5.74) is 3.91. The number of hydrogen-bond donors (Lipinski definition) is 1. The molecule has 0 fully saturated rings. The van der Waals surface area contributed by atoms with E-state index in [-0.39, 0.29) is 29.5 Å². The zero-order valence-corrected chi connectivity index (χ0v) is 27.0. The molecule has 4 rings (SSSR count). The lowest BCUT2D eigenvalue weighted by Gasteiger charge is -2.33. The minimum atomic E-state index is -4.29. The van der Waals surface area contributed by atoms with Crippen LogP contribution in [-0.4, -0.2) is 59.0 Å². The Morgan fingerprint density at radius 2 is 1.44 bits per heavy atom. The molecule has 0 aliphatic carbocycles. The molecule has 236 valence electrons. The molecule has 0 aromatic heterocycles. The van der Waals surface area contributed by atoms with E-state index in [1.807, 2.05) is 68.4 Å². The number of ether oxygens (including phenoxy) is 2. The van der Waals surface area contributed by atoms with Crippen molar-refractivity contribution in [1.82, 2.24) is 10.2 Å². The van der Waals surface area contributed by atoms with Crippen LogP contribution >= 0.6 is 0 Å². The number of nitrogens with one attached hydrogen (secondary N) is 1. The maximum Gasteiger partial charge on any atom is 0.264 e. The number of nitrogens with zero attached hydrogens (tertiary/aromatic N) is 2. The summed E-state index contributed by atoms with van der Waals surface area (Å²) < 4.78 is 40.3. The average molecular weight is 630 g/mol. The van der Waals surface area contributed by atoms with Gasteiger partial charge in [-0.25, -0.2) is 8.42 Å². The number of hydrogen-bond acceptors (Lipinski definition) is 6. The molecule has 2 amide bonds. The molecule has 1 atom stereocenters. The first-order chi connectivity index (χ1) is 21.6. The van der Waals surface area contributed by atoms with Crippen LogP contribution in [0, 0.1) is 13.8 Å². The Kier molecular flexibility index (Phi) is 10.9. The van der Waals surface area contributed by atoms with Gasteiger partial charge in [0.1, 0.15) is 12.6 Å². The highest BCUT2D eigenvalue weighted by Gasteiger charge is 2.34. The van der Waals surface area contributed by atoms with Gasteiger partial charge in [-0.3, -0.25) is 13.9 Å². The van der Waals surface area contributed by atoms with Crippen LogP contribution in [0.15, 0.2) is 102 Å². The molecule has 4 aromatic carbocycles. The predicted molar refractivity (Wildman–Crippen MR) is 175 cm³/mol. The third-order valence-corrected chi connectivity index (χ3v) is 9.27. The van der Waals surface area contributed by atoms with Crippen molar-refractivity contribution in [2.45, 2.75) is 37.8 Å². The van der Waals surface area contributed by atoms with E-state index in [0.29, 0.717) is 11.4 Å². The zero-order valence-electron chi connectivity index (χ0n) is 26.2. The van der Waals surface area contributed by atoms with Crippen LogP contribution in [0.25, 0.3) is 0 Å². The van der Waals surface area contributed by atoms with E-state index in [4.69, 9.17) is 9.47 Å². The number of rotatable bonds is 13. The summed E-state index contributed by atoms with van der Waals surface area (Å²) in [6.07, 6.45) is 0.241. The monoisotopic (exact) mass is 629 g/mol. The SMILES string of the molecule is CNC(=O)[C@H](Cc1ccccc1)N(Cc1cccc(C)c1)C(=O)CN(c1ccc(C)cc1)S(=O)(=O)c1ccc(OC)c(OC)c1. The minimum Gasteiger partial charge on any atom is -0.493 e. The van der Waals surface area contributed by atoms with E-state index >= 15 is 0 Å². The molecule has 0 spiro atoms. The molecule has 1 N–H and O–H groups in total. The molecule has 0 saturated heterocycles. The van der Waals surface area contributed by atoms with Gasteiger partial charge in [-0.15, -0.1) is 0 Å². The number of likely N-dealkylation sites (N-methyl/N-ethyl adjacent to an activating group) is 1. The summed E-state index contributed by atoms with van der Waals surface area (Å²) in [6, 6.07) is 27.3. The molecule has 9 nitrogen and oxygen atoms in total. The minimum absolute atomic E-state index is 0.0779. The predicted octanol–water partition coefficient (Wildman–Crippen LogP) is 4.90. The maximum atomic E-state index is 14.4. The Morgan fingerprint density at radius 1 is 0.778 bits per heavy atom. The number of sulfonamides is 1. The lowest BCUT2D eigenvalue weighted by Crippen LogP contribution is -2.53. The summed E-state index contributed by atoms with van der Waals surface area (Å²) in [5, 5.41) is 2.70. The fourth-order valence-corrected chi connectivity index (χ4v) is 6.50. The van der Waals surface area contributed by atoms with Crippen molar-refractivity contribution in [3.8, 4) is 11.5 Å². The summed E-state index contributed by atoms with van der Waals surface area (Å²) in [4.78, 5) is 29.2. The van der Waals surface area contributed by atoms with Crippen molar-refractivity contribution in [3.05, 3.63) is 119 Å². The topological polar surface area (TPSA) is 105 Å². The number of anilines is 1. The number of carbonyl (C=O) groups excluding carboxylic acids is 2. The normalized spacial score (nSPS) is 11.8. The van der Waals surface area contributed by atoms with E-state index in [0.717, 1.165) is 26.6 Å². The molecule has 0 heterocycles. The van der Waals surface area contributed by atoms with Crippen LogP contribution in [0.1, 0.15) is 22.3 Å². The first-order valence-electron chi connectivity index (χ1n) is 14.5. The van der Waals surface area contributed by atoms with Crippen molar-refractivity contribution < 1.29 is 27.5 Å². The van der Waals surface area contributed by atoms with Crippen LogP contribution in [0.4, 0.5) is 5.69 Å². The second-order valence-corrected chi connectivity index (χ2v) is 12.6. The summed E-state index contributed by atoms with van der Waals surface area (Å²) >= 11 is 0. The average Bonchev–Trinajstić information content (AvgIpc) is 3.05. The molecular weight excluding hydrogens is 590 g/mol. The second kappa shape index (κ2) is 14.8. The highest BCUT2D eigenvalue weighted by atomic mass is 32.2. The Bertz CT molecular complexity index is 1730. The van der Waals surface area contributed by atoms with E-state index in [2.05, 4.69) is 5.32 Å². The van der Waals surface area contributed by atoms with Gasteiger partial charge in [-0.05, 0) is 49.2 Å². The van der Waals surface area contributed by atoms with Gasteiger partial charge in [0.25, 0.3) is 10.0 Å². The number of methoxy groups -OCH3 is 2. The smallest absolute Gasteiger partial charge is 0.264 e. The highest BCUT2D eigenvalue weighted by Crippen LogP contribution is 2.32. The first-order valence-corrected chi connectivity index (χ1v) is 15.9. The van der Waals surface area contributed by atoms with Crippen molar-refractivity contribution in [1.29, 1.82) is 0 Å². The van der Waals surface area contributed by atoms with Crippen molar-refractivity contribution >= 4 is 27.5 Å². The maximum absolute atomic E-state index is 14.4. The quantitative estimate of drug-likeness (QED) is 0.226. The van der Waals surface area contributed by atoms with Gasteiger partial charge >= 0.3 is 0 Å². The molecule has 0 aliphatic rings. The lowest BCUT2D eigenvalue weighted by atomic mass is 10.0. The van der Waals surface area contributed by atoms with Crippen LogP contribution in [0.3, 0.4) is 0 Å². The third-order valence-electron chi connectivity index (χ3n) is 7.50. The molecule has 10 heteroatoms. The summed E-state index contributed by atoms with van der Waals surface area (Å²) in [5.74, 6) is -0.291. The van der Waals surface area contributed by atoms with E-state index in [9.17, 15) is 18.0 Å². The fourth-order valence-electron chi connectivity index (χ4n) is 5.07. The van der Waals surface area contributed by atoms with E-state index in [1.165, 1.54) is 44.4 Å². The molecule has 0 unspecified atom stereocenters. The van der Waals surface area contributed by atoms with Gasteiger partial charge in [-0.1, -0.05) is 77.9 Å². The molecule has 4 aromatic rings. The number of amides is 2. The Hall–Kier alpha value is -4.83. The highest BCUT2D eigenvalue weighted by molar-refractivity contribution is 7.92. The molecular formula is C35H39N3O6S. The Morgan fingerprint density at radius 3 is 2.07 bits per heavy atom. The van der Waals surface area contributed by atoms with Gasteiger partial charge in [0.05, 0.1) is 24.8 Å². The summed E-state index contributed by atoms with van der Waals surface area (Å²) in [7, 11) is 0.114. The molecule has 0 radical (unpaired) electrons. The van der Waals surface area contributed by atoms with Crippen LogP contribution < -0.4 is 19.1 Å². The van der Waals surface area contributed by atoms with Crippen molar-refractivity contribution in [2.24, 2.45) is 0 Å². The molecule has 45 heavy (non-hydrogen) atoms. The van der Waals surface area contributed by atoms with Crippen LogP contribution in [-0.2, 0) is 32.6 Å². The fraction of sp³-hybridized carbons (Fsp3) is 0.257. The van der Waals surface area contributed by atoms with Gasteiger partial charge in [0, 0.05) is 26.1 Å². The lowest BCUT2D eigenvalue weighted by molar-refractivity contribution is -0.139. The van der Waals surface area contributed by atoms with Crippen LogP contribution in [0.2, 0.25) is 0 Å². The van der Waals surface area contributed by atoms with Gasteiger partial charge in [0.2, 0.25) is 11.8 Å². The molecule has 0 saturated carbocycles. The van der Waals surface area contributed by atoms with Crippen LogP contribution in [0.5, 0.6) is 11.5 Å². The van der Waals surface area contributed by atoms with Gasteiger partial charge in [0.15, 0.2) is 11.5 Å². The third kappa shape index (κ3) is 8.02. The van der Waals surface area contributed by atoms with E-state index in [1.54, 1.807) is 24.3 Å². The summed E-state index contributed by atoms with van der Waals surface area (Å²) in [6.45, 7) is 3.39. The first kappa shape index (κ1) is 33.1. The molecule has 0 bridgehead atoms. The van der Waals surface area contributed by atoms with Crippen molar-refractivity contribution in [2.75, 3.05) is 32.1 Å². The van der Waals surface area contributed by atoms with Gasteiger partial charge in [-0.2, -0.15) is 0 Å².